The molecule has 5 nitrogen and oxygen atoms in total. The van der Waals surface area contributed by atoms with Gasteiger partial charge in [0.2, 0.25) is 0 Å². The van der Waals surface area contributed by atoms with Gasteiger partial charge in [0.15, 0.2) is 0 Å². The Labute approximate surface area is 124 Å². The van der Waals surface area contributed by atoms with Crippen molar-refractivity contribution < 1.29 is 17.5 Å². The first-order chi connectivity index (χ1) is 9.88. The van der Waals surface area contributed by atoms with Gasteiger partial charge < -0.3 is 0 Å². The van der Waals surface area contributed by atoms with Crippen molar-refractivity contribution in [3.8, 4) is 11.4 Å². The van der Waals surface area contributed by atoms with Gasteiger partial charge in [-0.25, -0.2) is 9.13 Å². The lowest BCUT2D eigenvalue weighted by Crippen LogP contribution is -2.29. The van der Waals surface area contributed by atoms with E-state index in [9.17, 15) is 13.0 Å². The van der Waals surface area contributed by atoms with Gasteiger partial charge in [-0.15, -0.1) is 0 Å². The number of rotatable bonds is 5. The second kappa shape index (κ2) is 5.83. The second-order valence-electron chi connectivity index (χ2n) is 4.86. The van der Waals surface area contributed by atoms with Crippen LogP contribution in [-0.4, -0.2) is 17.5 Å². The molecular weight excluding hydrogens is 288 g/mol. The molecule has 2 aromatic rings. The molecule has 2 rings (SSSR count). The number of nitrogens with zero attached hydrogens (tertiary/aromatic N) is 2. The Kier molecular flexibility index (Phi) is 4.29. The van der Waals surface area contributed by atoms with Crippen molar-refractivity contribution in [2.24, 2.45) is 7.05 Å². The van der Waals surface area contributed by atoms with Crippen LogP contribution in [0.2, 0.25) is 0 Å². The fourth-order valence-corrected chi connectivity index (χ4v) is 3.03. The summed E-state index contributed by atoms with van der Waals surface area (Å²) in [5, 5.41) is 0. The normalized spacial score (nSPS) is 11.6. The van der Waals surface area contributed by atoms with E-state index in [1.54, 1.807) is 18.2 Å². The zero-order valence-electron chi connectivity index (χ0n) is 12.2. The molecular formula is C15H19N2O3S+. The molecule has 0 aliphatic rings. The maximum Gasteiger partial charge on any atom is 0.295 e. The summed E-state index contributed by atoms with van der Waals surface area (Å²) in [5.74, 6) is 0.730. The first-order valence-electron chi connectivity index (χ1n) is 6.67. The van der Waals surface area contributed by atoms with Crippen molar-refractivity contribution in [3.63, 3.8) is 0 Å². The Hall–Kier alpha value is -1.92. The van der Waals surface area contributed by atoms with E-state index in [4.69, 9.17) is 0 Å². The van der Waals surface area contributed by atoms with Gasteiger partial charge >= 0.3 is 0 Å². The minimum atomic E-state index is -4.29. The summed E-state index contributed by atoms with van der Waals surface area (Å²) in [5.41, 5.74) is 1.26. The molecule has 1 aromatic heterocycles. The van der Waals surface area contributed by atoms with Gasteiger partial charge in [0.1, 0.15) is 17.3 Å². The number of imidazole rings is 1. The summed E-state index contributed by atoms with van der Waals surface area (Å²) in [6, 6.07) is 4.75. The molecule has 1 heterocycles. The highest BCUT2D eigenvalue weighted by atomic mass is 32.2. The molecule has 0 aliphatic heterocycles. The van der Waals surface area contributed by atoms with E-state index in [0.29, 0.717) is 5.56 Å². The first kappa shape index (κ1) is 15.5. The summed E-state index contributed by atoms with van der Waals surface area (Å²) in [7, 11) is -2.45. The molecule has 1 N–H and O–H groups in total. The van der Waals surface area contributed by atoms with E-state index < -0.39 is 10.1 Å². The molecule has 1 aromatic carbocycles. The van der Waals surface area contributed by atoms with E-state index in [-0.39, 0.29) is 4.90 Å². The van der Waals surface area contributed by atoms with Crippen LogP contribution in [0.15, 0.2) is 42.1 Å². The lowest BCUT2D eigenvalue weighted by Gasteiger charge is -2.08. The van der Waals surface area contributed by atoms with Crippen LogP contribution in [0.1, 0.15) is 18.9 Å². The van der Waals surface area contributed by atoms with Crippen molar-refractivity contribution in [2.75, 3.05) is 0 Å². The molecule has 21 heavy (non-hydrogen) atoms. The summed E-state index contributed by atoms with van der Waals surface area (Å²) < 4.78 is 36.6. The van der Waals surface area contributed by atoms with E-state index in [1.807, 2.05) is 35.5 Å². The standard InChI is InChI=1S/C15H18N2O3S/c1-4-8-17-10-9-16(3)15(17)13-11-12(5-2)6-7-14(13)21(18,19)20/h5-7,9-11H,2,4,8H2,1,3H3/p+1. The second-order valence-corrected chi connectivity index (χ2v) is 6.25. The summed E-state index contributed by atoms with van der Waals surface area (Å²) >= 11 is 0. The Morgan fingerprint density at radius 2 is 2.14 bits per heavy atom. The third-order valence-corrected chi connectivity index (χ3v) is 4.21. The fourth-order valence-electron chi connectivity index (χ4n) is 2.36. The molecule has 0 aliphatic carbocycles. The maximum atomic E-state index is 11.6. The van der Waals surface area contributed by atoms with E-state index in [2.05, 4.69) is 6.58 Å². The molecule has 0 amide bonds. The van der Waals surface area contributed by atoms with Crippen LogP contribution in [0.3, 0.4) is 0 Å². The average molecular weight is 307 g/mol. The third kappa shape index (κ3) is 3.06. The Morgan fingerprint density at radius 3 is 2.71 bits per heavy atom. The van der Waals surface area contributed by atoms with Crippen LogP contribution < -0.4 is 4.57 Å². The van der Waals surface area contributed by atoms with E-state index in [0.717, 1.165) is 24.4 Å². The van der Waals surface area contributed by atoms with E-state index in [1.165, 1.54) is 6.07 Å². The molecule has 0 fully saturated rings. The predicted molar refractivity (Wildman–Crippen MR) is 81.2 cm³/mol. The number of hydrogen-bond acceptors (Lipinski definition) is 2. The van der Waals surface area contributed by atoms with Crippen LogP contribution in [0, 0.1) is 0 Å². The van der Waals surface area contributed by atoms with Crippen LogP contribution in [-0.2, 0) is 23.7 Å². The Balaban J connectivity index is 2.78. The topological polar surface area (TPSA) is 63.2 Å². The van der Waals surface area contributed by atoms with E-state index >= 15 is 0 Å². The smallest absolute Gasteiger partial charge is 0.282 e. The molecule has 0 radical (unpaired) electrons. The third-order valence-electron chi connectivity index (χ3n) is 3.30. The number of aromatic nitrogens is 2. The maximum absolute atomic E-state index is 11.6. The summed E-state index contributed by atoms with van der Waals surface area (Å²) in [6.45, 7) is 6.51. The Bertz CT molecular complexity index is 776. The SMILES string of the molecule is C=Cc1ccc(S(=O)(=O)O)c(-c2n(CCC)cc[n+]2C)c1. The van der Waals surface area contributed by atoms with Gasteiger partial charge in [-0.05, 0) is 24.1 Å². The van der Waals surface area contributed by atoms with Crippen molar-refractivity contribution in [3.05, 3.63) is 42.7 Å². The molecule has 0 saturated carbocycles. The van der Waals surface area contributed by atoms with Crippen LogP contribution in [0.4, 0.5) is 0 Å². The van der Waals surface area contributed by atoms with Crippen molar-refractivity contribution >= 4 is 16.2 Å². The van der Waals surface area contributed by atoms with Crippen molar-refractivity contribution in [1.82, 2.24) is 4.57 Å². The molecule has 112 valence electrons. The molecule has 0 spiro atoms. The monoisotopic (exact) mass is 307 g/mol. The van der Waals surface area contributed by atoms with Gasteiger partial charge in [0, 0.05) is 0 Å². The average Bonchev–Trinajstić information content (AvgIpc) is 2.78. The van der Waals surface area contributed by atoms with Crippen LogP contribution in [0.25, 0.3) is 17.5 Å². The molecule has 6 heteroatoms. The van der Waals surface area contributed by atoms with Gasteiger partial charge in [-0.3, -0.25) is 4.55 Å². The number of aryl methyl sites for hydroxylation is 2. The van der Waals surface area contributed by atoms with Crippen LogP contribution >= 0.6 is 0 Å². The van der Waals surface area contributed by atoms with Gasteiger partial charge in [0.05, 0.1) is 19.2 Å². The largest absolute Gasteiger partial charge is 0.295 e. The zero-order chi connectivity index (χ0) is 15.6. The minimum absolute atomic E-state index is 0.0975. The summed E-state index contributed by atoms with van der Waals surface area (Å²) in [6.07, 6.45) is 6.32. The molecule has 0 saturated heterocycles. The number of benzene rings is 1. The summed E-state index contributed by atoms with van der Waals surface area (Å²) in [4.78, 5) is -0.0975. The van der Waals surface area contributed by atoms with Gasteiger partial charge in [-0.2, -0.15) is 8.42 Å². The fraction of sp³-hybridized carbons (Fsp3) is 0.267. The molecule has 0 atom stereocenters. The molecule has 0 bridgehead atoms. The zero-order valence-corrected chi connectivity index (χ0v) is 13.0. The lowest BCUT2D eigenvalue weighted by atomic mass is 10.1. The minimum Gasteiger partial charge on any atom is -0.282 e. The van der Waals surface area contributed by atoms with Crippen LogP contribution in [0.5, 0.6) is 0 Å². The molecule has 0 unspecified atom stereocenters. The lowest BCUT2D eigenvalue weighted by molar-refractivity contribution is -0.659. The van der Waals surface area contributed by atoms with Gasteiger partial charge in [-0.1, -0.05) is 25.6 Å². The van der Waals surface area contributed by atoms with Crippen molar-refractivity contribution in [2.45, 2.75) is 24.8 Å². The number of hydrogen-bond donors (Lipinski definition) is 1. The van der Waals surface area contributed by atoms with Gasteiger partial charge in [0.25, 0.3) is 15.9 Å². The van der Waals surface area contributed by atoms with Crippen molar-refractivity contribution in [1.29, 1.82) is 0 Å². The highest BCUT2D eigenvalue weighted by Crippen LogP contribution is 2.27. The highest BCUT2D eigenvalue weighted by molar-refractivity contribution is 7.86. The highest BCUT2D eigenvalue weighted by Gasteiger charge is 2.25. The predicted octanol–water partition coefficient (Wildman–Crippen LogP) is 2.28. The quantitative estimate of drug-likeness (QED) is 0.681. The first-order valence-corrected chi connectivity index (χ1v) is 8.11. The Morgan fingerprint density at radius 1 is 1.43 bits per heavy atom.